The van der Waals surface area contributed by atoms with E-state index in [1.165, 1.54) is 0 Å². The molecule has 1 unspecified atom stereocenters. The minimum absolute atomic E-state index is 0.104. The Hall–Kier alpha value is -1.58. The van der Waals surface area contributed by atoms with Gasteiger partial charge in [0.2, 0.25) is 0 Å². The Bertz CT molecular complexity index is 413. The van der Waals surface area contributed by atoms with Crippen molar-refractivity contribution in [3.8, 4) is 0 Å². The van der Waals surface area contributed by atoms with Crippen LogP contribution in [0.2, 0.25) is 0 Å². The molecule has 0 radical (unpaired) electrons. The van der Waals surface area contributed by atoms with Crippen molar-refractivity contribution in [3.63, 3.8) is 0 Å². The van der Waals surface area contributed by atoms with Gasteiger partial charge in [0.05, 0.1) is 11.3 Å². The standard InChI is InChI=1S/C14H21N3O/c1-3-11(2)16-13-8-12(9-15-10-13)14(18)17-6-4-5-7-17/h8-11,16H,3-7H2,1-2H3. The summed E-state index contributed by atoms with van der Waals surface area (Å²) in [7, 11) is 0. The molecule has 1 aromatic heterocycles. The lowest BCUT2D eigenvalue weighted by Crippen LogP contribution is -2.27. The normalized spacial score (nSPS) is 16.7. The first kappa shape index (κ1) is 12.9. The third-order valence-corrected chi connectivity index (χ3v) is 3.40. The highest BCUT2D eigenvalue weighted by Crippen LogP contribution is 2.16. The molecule has 4 nitrogen and oxygen atoms in total. The van der Waals surface area contributed by atoms with Crippen molar-refractivity contribution >= 4 is 11.6 Å². The van der Waals surface area contributed by atoms with E-state index in [1.807, 2.05) is 11.0 Å². The first-order chi connectivity index (χ1) is 8.70. The van der Waals surface area contributed by atoms with Crippen LogP contribution < -0.4 is 5.32 Å². The SMILES string of the molecule is CCC(C)Nc1cncc(C(=O)N2CCCC2)c1. The average Bonchev–Trinajstić information content (AvgIpc) is 2.92. The van der Waals surface area contributed by atoms with Crippen LogP contribution in [0.15, 0.2) is 18.5 Å². The number of rotatable bonds is 4. The molecule has 1 fully saturated rings. The van der Waals surface area contributed by atoms with Crippen LogP contribution >= 0.6 is 0 Å². The van der Waals surface area contributed by atoms with Crippen LogP contribution in [0, 0.1) is 0 Å². The minimum Gasteiger partial charge on any atom is -0.381 e. The number of carbonyl (C=O) groups excluding carboxylic acids is 1. The van der Waals surface area contributed by atoms with E-state index in [2.05, 4.69) is 24.1 Å². The van der Waals surface area contributed by atoms with Crippen molar-refractivity contribution in [1.82, 2.24) is 9.88 Å². The number of anilines is 1. The van der Waals surface area contributed by atoms with E-state index >= 15 is 0 Å². The molecule has 1 atom stereocenters. The van der Waals surface area contributed by atoms with Gasteiger partial charge in [-0.25, -0.2) is 0 Å². The molecule has 2 heterocycles. The van der Waals surface area contributed by atoms with Crippen LogP contribution in [0.3, 0.4) is 0 Å². The third kappa shape index (κ3) is 3.00. The molecule has 2 rings (SSSR count). The smallest absolute Gasteiger partial charge is 0.255 e. The zero-order chi connectivity index (χ0) is 13.0. The number of carbonyl (C=O) groups is 1. The van der Waals surface area contributed by atoms with Crippen molar-refractivity contribution < 1.29 is 4.79 Å². The van der Waals surface area contributed by atoms with Gasteiger partial charge in [-0.1, -0.05) is 6.92 Å². The molecule has 1 aliphatic rings. The van der Waals surface area contributed by atoms with Crippen molar-refractivity contribution in [1.29, 1.82) is 0 Å². The number of hydrogen-bond acceptors (Lipinski definition) is 3. The molecular formula is C14H21N3O. The van der Waals surface area contributed by atoms with Gasteiger partial charge in [-0.2, -0.15) is 0 Å². The lowest BCUT2D eigenvalue weighted by atomic mass is 10.2. The number of amides is 1. The summed E-state index contributed by atoms with van der Waals surface area (Å²) in [6, 6.07) is 2.30. The van der Waals surface area contributed by atoms with Crippen LogP contribution in [-0.4, -0.2) is 34.9 Å². The lowest BCUT2D eigenvalue weighted by Gasteiger charge is -2.17. The largest absolute Gasteiger partial charge is 0.381 e. The predicted molar refractivity (Wildman–Crippen MR) is 72.8 cm³/mol. The first-order valence-corrected chi connectivity index (χ1v) is 6.71. The summed E-state index contributed by atoms with van der Waals surface area (Å²) in [6.45, 7) is 6.00. The molecule has 1 N–H and O–H groups in total. The Balaban J connectivity index is 2.08. The second-order valence-corrected chi connectivity index (χ2v) is 4.92. The molecule has 0 aromatic carbocycles. The van der Waals surface area contributed by atoms with E-state index in [-0.39, 0.29) is 5.91 Å². The third-order valence-electron chi connectivity index (χ3n) is 3.40. The zero-order valence-electron chi connectivity index (χ0n) is 11.1. The van der Waals surface area contributed by atoms with Gasteiger partial charge in [-0.05, 0) is 32.3 Å². The zero-order valence-corrected chi connectivity index (χ0v) is 11.1. The summed E-state index contributed by atoms with van der Waals surface area (Å²) in [5.74, 6) is 0.104. The van der Waals surface area contributed by atoms with Crippen molar-refractivity contribution in [2.24, 2.45) is 0 Å². The summed E-state index contributed by atoms with van der Waals surface area (Å²) in [4.78, 5) is 18.3. The van der Waals surface area contributed by atoms with E-state index in [1.54, 1.807) is 12.4 Å². The molecule has 1 aromatic rings. The molecule has 1 amide bonds. The highest BCUT2D eigenvalue weighted by molar-refractivity contribution is 5.94. The Morgan fingerprint density at radius 2 is 2.17 bits per heavy atom. The molecule has 0 bridgehead atoms. The summed E-state index contributed by atoms with van der Waals surface area (Å²) in [6.07, 6.45) is 6.70. The van der Waals surface area contributed by atoms with Gasteiger partial charge >= 0.3 is 0 Å². The van der Waals surface area contributed by atoms with Gasteiger partial charge in [-0.15, -0.1) is 0 Å². The summed E-state index contributed by atoms with van der Waals surface area (Å²) < 4.78 is 0. The van der Waals surface area contributed by atoms with E-state index in [9.17, 15) is 4.79 Å². The van der Waals surface area contributed by atoms with E-state index in [0.717, 1.165) is 38.0 Å². The lowest BCUT2D eigenvalue weighted by molar-refractivity contribution is 0.0792. The topological polar surface area (TPSA) is 45.2 Å². The minimum atomic E-state index is 0.104. The Morgan fingerprint density at radius 3 is 2.83 bits per heavy atom. The molecule has 18 heavy (non-hydrogen) atoms. The second-order valence-electron chi connectivity index (χ2n) is 4.92. The molecule has 4 heteroatoms. The van der Waals surface area contributed by atoms with E-state index < -0.39 is 0 Å². The number of likely N-dealkylation sites (tertiary alicyclic amines) is 1. The fourth-order valence-electron chi connectivity index (χ4n) is 2.13. The monoisotopic (exact) mass is 247 g/mol. The number of aromatic nitrogens is 1. The predicted octanol–water partition coefficient (Wildman–Crippen LogP) is 2.53. The molecule has 1 saturated heterocycles. The Labute approximate surface area is 108 Å². The van der Waals surface area contributed by atoms with E-state index in [4.69, 9.17) is 0 Å². The molecule has 0 saturated carbocycles. The maximum Gasteiger partial charge on any atom is 0.255 e. The van der Waals surface area contributed by atoms with Crippen molar-refractivity contribution in [3.05, 3.63) is 24.0 Å². The molecule has 98 valence electrons. The fraction of sp³-hybridized carbons (Fsp3) is 0.571. The highest BCUT2D eigenvalue weighted by atomic mass is 16.2. The van der Waals surface area contributed by atoms with Crippen molar-refractivity contribution in [2.45, 2.75) is 39.2 Å². The van der Waals surface area contributed by atoms with Crippen LogP contribution in [0.1, 0.15) is 43.5 Å². The van der Waals surface area contributed by atoms with Crippen LogP contribution in [0.25, 0.3) is 0 Å². The highest BCUT2D eigenvalue weighted by Gasteiger charge is 2.19. The molecule has 1 aliphatic heterocycles. The number of nitrogens with zero attached hydrogens (tertiary/aromatic N) is 2. The van der Waals surface area contributed by atoms with E-state index in [0.29, 0.717) is 11.6 Å². The first-order valence-electron chi connectivity index (χ1n) is 6.71. The number of pyridine rings is 1. The second kappa shape index (κ2) is 5.85. The van der Waals surface area contributed by atoms with Gasteiger partial charge in [0, 0.05) is 31.5 Å². The average molecular weight is 247 g/mol. The fourth-order valence-corrected chi connectivity index (χ4v) is 2.13. The quantitative estimate of drug-likeness (QED) is 0.889. The summed E-state index contributed by atoms with van der Waals surface area (Å²) >= 11 is 0. The van der Waals surface area contributed by atoms with Gasteiger partial charge < -0.3 is 10.2 Å². The Kier molecular flexibility index (Phi) is 4.18. The molecule has 0 aliphatic carbocycles. The number of nitrogens with one attached hydrogen (secondary N) is 1. The molecule has 0 spiro atoms. The van der Waals surface area contributed by atoms with Crippen molar-refractivity contribution in [2.75, 3.05) is 18.4 Å². The van der Waals surface area contributed by atoms with Gasteiger partial charge in [0.25, 0.3) is 5.91 Å². The summed E-state index contributed by atoms with van der Waals surface area (Å²) in [5.41, 5.74) is 1.61. The molecular weight excluding hydrogens is 226 g/mol. The Morgan fingerprint density at radius 1 is 1.44 bits per heavy atom. The van der Waals surface area contributed by atoms with Gasteiger partial charge in [0.15, 0.2) is 0 Å². The maximum absolute atomic E-state index is 12.2. The van der Waals surface area contributed by atoms with Crippen LogP contribution in [-0.2, 0) is 0 Å². The van der Waals surface area contributed by atoms with Gasteiger partial charge in [-0.3, -0.25) is 9.78 Å². The van der Waals surface area contributed by atoms with Gasteiger partial charge in [0.1, 0.15) is 0 Å². The maximum atomic E-state index is 12.2. The summed E-state index contributed by atoms with van der Waals surface area (Å²) in [5, 5.41) is 3.34. The van der Waals surface area contributed by atoms with Crippen LogP contribution in [0.5, 0.6) is 0 Å². The number of hydrogen-bond donors (Lipinski definition) is 1. The van der Waals surface area contributed by atoms with Crippen LogP contribution in [0.4, 0.5) is 5.69 Å².